The Labute approximate surface area is 156 Å². The van der Waals surface area contributed by atoms with Gasteiger partial charge in [-0.05, 0) is 60.9 Å². The molecule has 2 aromatic carbocycles. The van der Waals surface area contributed by atoms with Gasteiger partial charge in [-0.1, -0.05) is 12.1 Å². The summed E-state index contributed by atoms with van der Waals surface area (Å²) in [5.74, 6) is 0.826. The average molecular weight is 361 g/mol. The van der Waals surface area contributed by atoms with Gasteiger partial charge in [0.05, 0.1) is 18.4 Å². The van der Waals surface area contributed by atoms with Crippen molar-refractivity contribution in [3.63, 3.8) is 0 Å². The molecule has 0 saturated carbocycles. The summed E-state index contributed by atoms with van der Waals surface area (Å²) >= 11 is 0. The number of ether oxygens (including phenoxy) is 1. The van der Waals surface area contributed by atoms with Gasteiger partial charge in [0.25, 0.3) is 5.91 Å². The largest absolute Gasteiger partial charge is 0.508 e. The van der Waals surface area contributed by atoms with Gasteiger partial charge in [-0.25, -0.2) is 5.43 Å². The van der Waals surface area contributed by atoms with Gasteiger partial charge in [0.1, 0.15) is 11.5 Å². The number of aromatic hydroxyl groups is 1. The van der Waals surface area contributed by atoms with E-state index >= 15 is 0 Å². The number of methoxy groups -OCH3 is 1. The molecule has 27 heavy (non-hydrogen) atoms. The maximum atomic E-state index is 12.2. The number of hydrogen-bond acceptors (Lipinski definition) is 4. The fourth-order valence-corrected chi connectivity index (χ4v) is 3.13. The maximum Gasteiger partial charge on any atom is 0.273 e. The highest BCUT2D eigenvalue weighted by molar-refractivity contribution is 6.27. The lowest BCUT2D eigenvalue weighted by Gasteiger charge is -2.02. The summed E-state index contributed by atoms with van der Waals surface area (Å²) in [7, 11) is 1.64. The number of phenols is 1. The monoisotopic (exact) mass is 361 g/mol. The van der Waals surface area contributed by atoms with Crippen LogP contribution in [0.5, 0.6) is 11.5 Å². The zero-order chi connectivity index (χ0) is 18.8. The van der Waals surface area contributed by atoms with E-state index < -0.39 is 0 Å². The van der Waals surface area contributed by atoms with Crippen molar-refractivity contribution < 1.29 is 14.6 Å². The van der Waals surface area contributed by atoms with Crippen LogP contribution in [-0.2, 0) is 11.2 Å². The molecular weight excluding hydrogens is 342 g/mol. The van der Waals surface area contributed by atoms with Gasteiger partial charge in [0.2, 0.25) is 0 Å². The van der Waals surface area contributed by atoms with E-state index in [-0.39, 0.29) is 11.7 Å². The number of fused-ring (bicyclic) bond motifs is 1. The van der Waals surface area contributed by atoms with Crippen molar-refractivity contribution in [1.29, 1.82) is 0 Å². The number of phenolic OH excluding ortho intramolecular Hbond substituents is 1. The Morgan fingerprint density at radius 2 is 1.93 bits per heavy atom. The number of rotatable bonds is 5. The summed E-state index contributed by atoms with van der Waals surface area (Å²) in [4.78, 5) is 15.5. The number of aromatic nitrogens is 1. The van der Waals surface area contributed by atoms with E-state index in [1.54, 1.807) is 19.2 Å². The van der Waals surface area contributed by atoms with Crippen molar-refractivity contribution >= 4 is 28.6 Å². The Kier molecular flexibility index (Phi) is 4.38. The van der Waals surface area contributed by atoms with Gasteiger partial charge < -0.3 is 14.8 Å². The Hall–Kier alpha value is -3.54. The SMILES string of the molecule is COc1ccc2[nH]c(/C=C3\C(=O)NN=C3CCc3ccc(O)cc3)cc2c1. The summed E-state index contributed by atoms with van der Waals surface area (Å²) in [5.41, 5.74) is 6.72. The molecular formula is C21H19N3O3. The van der Waals surface area contributed by atoms with Crippen molar-refractivity contribution in [2.45, 2.75) is 12.8 Å². The molecule has 0 radical (unpaired) electrons. The molecule has 6 nitrogen and oxygen atoms in total. The first-order valence-corrected chi connectivity index (χ1v) is 8.66. The van der Waals surface area contributed by atoms with Crippen LogP contribution in [0.1, 0.15) is 17.7 Å². The minimum Gasteiger partial charge on any atom is -0.508 e. The third kappa shape index (κ3) is 3.55. The molecule has 1 aliphatic heterocycles. The topological polar surface area (TPSA) is 86.7 Å². The minimum absolute atomic E-state index is 0.202. The van der Waals surface area contributed by atoms with Gasteiger partial charge in [0, 0.05) is 16.6 Å². The van der Waals surface area contributed by atoms with Crippen LogP contribution >= 0.6 is 0 Å². The van der Waals surface area contributed by atoms with Crippen molar-refractivity contribution in [3.05, 3.63) is 65.4 Å². The lowest BCUT2D eigenvalue weighted by atomic mass is 10.0. The highest BCUT2D eigenvalue weighted by atomic mass is 16.5. The zero-order valence-corrected chi connectivity index (χ0v) is 14.8. The smallest absolute Gasteiger partial charge is 0.273 e. The van der Waals surface area contributed by atoms with Crippen molar-refractivity contribution in [2.24, 2.45) is 5.10 Å². The molecule has 0 bridgehead atoms. The number of carbonyl (C=O) groups excluding carboxylic acids is 1. The second-order valence-electron chi connectivity index (χ2n) is 6.40. The number of hydrazone groups is 1. The Morgan fingerprint density at radius 1 is 1.11 bits per heavy atom. The Balaban J connectivity index is 1.56. The van der Waals surface area contributed by atoms with Crippen LogP contribution in [0.25, 0.3) is 17.0 Å². The van der Waals surface area contributed by atoms with E-state index in [4.69, 9.17) is 4.74 Å². The second-order valence-corrected chi connectivity index (χ2v) is 6.40. The number of hydrogen-bond donors (Lipinski definition) is 3. The van der Waals surface area contributed by atoms with Crippen LogP contribution in [0, 0.1) is 0 Å². The first-order chi connectivity index (χ1) is 13.1. The van der Waals surface area contributed by atoms with Crippen LogP contribution in [0.3, 0.4) is 0 Å². The number of H-pyrrole nitrogens is 1. The summed E-state index contributed by atoms with van der Waals surface area (Å²) in [6.07, 6.45) is 3.18. The van der Waals surface area contributed by atoms with Crippen molar-refractivity contribution in [2.75, 3.05) is 7.11 Å². The van der Waals surface area contributed by atoms with Gasteiger partial charge in [0.15, 0.2) is 0 Å². The maximum absolute atomic E-state index is 12.2. The number of benzene rings is 2. The van der Waals surface area contributed by atoms with Gasteiger partial charge in [-0.15, -0.1) is 0 Å². The Morgan fingerprint density at radius 3 is 2.70 bits per heavy atom. The predicted molar refractivity (Wildman–Crippen MR) is 105 cm³/mol. The summed E-state index contributed by atoms with van der Waals surface area (Å²) < 4.78 is 5.25. The Bertz CT molecular complexity index is 1060. The molecule has 0 aliphatic carbocycles. The molecule has 6 heteroatoms. The van der Waals surface area contributed by atoms with Crippen molar-refractivity contribution in [3.8, 4) is 11.5 Å². The second kappa shape index (κ2) is 6.99. The third-order valence-electron chi connectivity index (χ3n) is 4.58. The molecule has 0 unspecified atom stereocenters. The van der Waals surface area contributed by atoms with Crippen molar-refractivity contribution in [1.82, 2.24) is 10.4 Å². The highest BCUT2D eigenvalue weighted by Crippen LogP contribution is 2.24. The first-order valence-electron chi connectivity index (χ1n) is 8.66. The molecule has 0 saturated heterocycles. The third-order valence-corrected chi connectivity index (χ3v) is 4.58. The number of aromatic amines is 1. The first kappa shape index (κ1) is 16.9. The van der Waals surface area contributed by atoms with E-state index in [1.165, 1.54) is 0 Å². The molecule has 1 amide bonds. The highest BCUT2D eigenvalue weighted by Gasteiger charge is 2.22. The lowest BCUT2D eigenvalue weighted by molar-refractivity contribution is -0.116. The molecule has 4 rings (SSSR count). The predicted octanol–water partition coefficient (Wildman–Crippen LogP) is 3.38. The van der Waals surface area contributed by atoms with E-state index in [0.29, 0.717) is 12.0 Å². The normalized spacial score (nSPS) is 15.2. The summed E-state index contributed by atoms with van der Waals surface area (Å²) in [5, 5.41) is 14.6. The summed E-state index contributed by atoms with van der Waals surface area (Å²) in [6.45, 7) is 0. The fraction of sp³-hybridized carbons (Fsp3) is 0.143. The van der Waals surface area contributed by atoms with Crippen LogP contribution in [0.15, 0.2) is 59.2 Å². The molecule has 2 heterocycles. The quantitative estimate of drug-likeness (QED) is 0.609. The van der Waals surface area contributed by atoms with Gasteiger partial charge in [-0.3, -0.25) is 4.79 Å². The molecule has 1 aromatic heterocycles. The van der Waals surface area contributed by atoms with E-state index in [1.807, 2.05) is 42.5 Å². The lowest BCUT2D eigenvalue weighted by Crippen LogP contribution is -2.13. The number of nitrogens with one attached hydrogen (secondary N) is 2. The van der Waals surface area contributed by atoms with Crippen LogP contribution < -0.4 is 10.2 Å². The number of aryl methyl sites for hydroxylation is 1. The molecule has 136 valence electrons. The average Bonchev–Trinajstić information content (AvgIpc) is 3.24. The standard InChI is InChI=1S/C21H19N3O3/c1-27-17-7-9-19-14(11-17)10-15(22-19)12-18-20(23-24-21(18)26)8-4-13-2-5-16(25)6-3-13/h2-3,5-7,9-12,22,25H,4,8H2,1H3,(H,24,26)/b18-12-. The van der Waals surface area contributed by atoms with Crippen LogP contribution in [0.2, 0.25) is 0 Å². The summed E-state index contributed by atoms with van der Waals surface area (Å²) in [6, 6.07) is 14.8. The minimum atomic E-state index is -0.202. The number of nitrogens with zero attached hydrogens (tertiary/aromatic N) is 1. The fourth-order valence-electron chi connectivity index (χ4n) is 3.13. The zero-order valence-electron chi connectivity index (χ0n) is 14.8. The van der Waals surface area contributed by atoms with E-state index in [2.05, 4.69) is 15.5 Å². The van der Waals surface area contributed by atoms with Crippen LogP contribution in [-0.4, -0.2) is 28.8 Å². The van der Waals surface area contributed by atoms with Crippen LogP contribution in [0.4, 0.5) is 0 Å². The number of carbonyl (C=O) groups is 1. The molecule has 0 fully saturated rings. The molecule has 1 aliphatic rings. The van der Waals surface area contributed by atoms with Gasteiger partial charge >= 0.3 is 0 Å². The molecule has 3 N–H and O–H groups in total. The van der Waals surface area contributed by atoms with Gasteiger partial charge in [-0.2, -0.15) is 5.10 Å². The van der Waals surface area contributed by atoms with E-state index in [0.717, 1.165) is 40.0 Å². The molecule has 0 atom stereocenters. The molecule has 0 spiro atoms. The number of amides is 1. The molecule has 3 aromatic rings. The van der Waals surface area contributed by atoms with E-state index in [9.17, 15) is 9.90 Å².